The van der Waals surface area contributed by atoms with Crippen molar-refractivity contribution >= 4 is 5.91 Å². The molecular formula is C33H53NO3. The minimum atomic E-state index is -0.502. The molecule has 1 aliphatic heterocycles. The van der Waals surface area contributed by atoms with Crippen LogP contribution in [0.15, 0.2) is 11.6 Å². The van der Waals surface area contributed by atoms with Gasteiger partial charge < -0.3 is 15.1 Å². The molecule has 0 unspecified atom stereocenters. The van der Waals surface area contributed by atoms with Gasteiger partial charge in [0, 0.05) is 19.5 Å². The highest BCUT2D eigenvalue weighted by atomic mass is 16.3. The zero-order valence-corrected chi connectivity index (χ0v) is 23.9. The molecular weight excluding hydrogens is 458 g/mol. The van der Waals surface area contributed by atoms with Crippen LogP contribution in [0.4, 0.5) is 0 Å². The predicted molar refractivity (Wildman–Crippen MR) is 148 cm³/mol. The molecule has 0 bridgehead atoms. The molecule has 4 nitrogen and oxygen atoms in total. The van der Waals surface area contributed by atoms with Crippen LogP contribution in [0.1, 0.15) is 117 Å². The zero-order chi connectivity index (χ0) is 26.0. The second kappa shape index (κ2) is 9.65. The summed E-state index contributed by atoms with van der Waals surface area (Å²) in [6.45, 7) is 9.07. The molecule has 0 aromatic rings. The number of fused-ring (bicyclic) bond motifs is 5. The molecule has 208 valence electrons. The van der Waals surface area contributed by atoms with Gasteiger partial charge in [0.15, 0.2) is 0 Å². The highest BCUT2D eigenvalue weighted by Gasteiger charge is 2.59. The van der Waals surface area contributed by atoms with Gasteiger partial charge in [-0.1, -0.05) is 38.8 Å². The van der Waals surface area contributed by atoms with E-state index in [1.807, 2.05) is 0 Å². The second-order valence-corrected chi connectivity index (χ2v) is 15.0. The third-order valence-corrected chi connectivity index (χ3v) is 13.5. The van der Waals surface area contributed by atoms with Gasteiger partial charge in [-0.25, -0.2) is 0 Å². The molecule has 8 atom stereocenters. The summed E-state index contributed by atoms with van der Waals surface area (Å²) in [5, 5.41) is 21.3. The Morgan fingerprint density at radius 1 is 1.03 bits per heavy atom. The van der Waals surface area contributed by atoms with Crippen molar-refractivity contribution in [2.75, 3.05) is 13.1 Å². The number of hydrogen-bond acceptors (Lipinski definition) is 3. The van der Waals surface area contributed by atoms with Gasteiger partial charge in [-0.15, -0.1) is 0 Å². The first-order valence-electron chi connectivity index (χ1n) is 16.0. The SMILES string of the molecule is C[C@H](CCC(=O)N1CCC(O)(C2CCC2)CC1)[C@H]1CC[C@H]2[C@@H]3CC=C4C[C@@H](O)CC[C@]4(C)[C@H]3CC[C@]12C. The summed E-state index contributed by atoms with van der Waals surface area (Å²) in [5.41, 5.74) is 1.81. The Balaban J connectivity index is 1.05. The van der Waals surface area contributed by atoms with E-state index in [9.17, 15) is 15.0 Å². The maximum absolute atomic E-state index is 13.1. The smallest absolute Gasteiger partial charge is 0.222 e. The summed E-state index contributed by atoms with van der Waals surface area (Å²) in [4.78, 5) is 15.2. The van der Waals surface area contributed by atoms with Gasteiger partial charge in [0.25, 0.3) is 0 Å². The van der Waals surface area contributed by atoms with Gasteiger partial charge in [0.05, 0.1) is 11.7 Å². The lowest BCUT2D eigenvalue weighted by Crippen LogP contribution is -2.52. The van der Waals surface area contributed by atoms with Crippen LogP contribution in [0.3, 0.4) is 0 Å². The molecule has 0 aromatic heterocycles. The number of rotatable bonds is 5. The van der Waals surface area contributed by atoms with Gasteiger partial charge in [-0.05, 0) is 130 Å². The number of carbonyl (C=O) groups is 1. The first kappa shape index (κ1) is 26.4. The van der Waals surface area contributed by atoms with Crippen LogP contribution in [0.25, 0.3) is 0 Å². The first-order valence-corrected chi connectivity index (χ1v) is 16.0. The van der Waals surface area contributed by atoms with Crippen molar-refractivity contribution < 1.29 is 15.0 Å². The predicted octanol–water partition coefficient (Wildman–Crippen LogP) is 6.50. The summed E-state index contributed by atoms with van der Waals surface area (Å²) in [5.74, 6) is 4.57. The van der Waals surface area contributed by atoms with Crippen LogP contribution in [-0.4, -0.2) is 45.8 Å². The van der Waals surface area contributed by atoms with Crippen molar-refractivity contribution in [3.05, 3.63) is 11.6 Å². The van der Waals surface area contributed by atoms with E-state index < -0.39 is 5.60 Å². The van der Waals surface area contributed by atoms with Crippen LogP contribution in [0, 0.1) is 46.3 Å². The number of aliphatic hydroxyl groups is 2. The summed E-state index contributed by atoms with van der Waals surface area (Å²) >= 11 is 0. The Hall–Kier alpha value is -0.870. The first-order chi connectivity index (χ1) is 17.6. The number of piperidine rings is 1. The van der Waals surface area contributed by atoms with Crippen molar-refractivity contribution in [3.63, 3.8) is 0 Å². The standard InChI is InChI=1S/C33H53NO3/c1-22(7-12-30(36)34-19-17-33(37,18-20-34)23-5-4-6-23)27-10-11-28-26-9-8-24-21-25(35)13-15-31(24,2)29(26)14-16-32(27,28)3/h8,22-23,25-29,35,37H,4-7,9-21H2,1-3H3/t22-,25+,26+,27-,28+,29+,31+,32-/m1/s1. The zero-order valence-electron chi connectivity index (χ0n) is 23.9. The number of carbonyl (C=O) groups excluding carboxylic acids is 1. The molecule has 6 aliphatic rings. The summed E-state index contributed by atoms with van der Waals surface area (Å²) in [6, 6.07) is 0. The lowest BCUT2D eigenvalue weighted by Gasteiger charge is -2.58. The van der Waals surface area contributed by atoms with Crippen molar-refractivity contribution in [2.24, 2.45) is 46.3 Å². The summed E-state index contributed by atoms with van der Waals surface area (Å²) in [7, 11) is 0. The third-order valence-electron chi connectivity index (χ3n) is 13.5. The molecule has 5 fully saturated rings. The Bertz CT molecular complexity index is 901. The van der Waals surface area contributed by atoms with Crippen LogP contribution < -0.4 is 0 Å². The summed E-state index contributed by atoms with van der Waals surface area (Å²) in [6.07, 6.45) is 19.0. The average Bonchev–Trinajstić information content (AvgIpc) is 3.19. The number of allylic oxidation sites excluding steroid dienone is 1. The van der Waals surface area contributed by atoms with E-state index in [-0.39, 0.29) is 6.10 Å². The molecule has 37 heavy (non-hydrogen) atoms. The number of likely N-dealkylation sites (tertiary alicyclic amines) is 1. The molecule has 6 rings (SSSR count). The van der Waals surface area contributed by atoms with Crippen LogP contribution in [0.5, 0.6) is 0 Å². The molecule has 0 aromatic carbocycles. The monoisotopic (exact) mass is 511 g/mol. The van der Waals surface area contributed by atoms with Crippen LogP contribution in [-0.2, 0) is 4.79 Å². The van der Waals surface area contributed by atoms with Crippen LogP contribution >= 0.6 is 0 Å². The summed E-state index contributed by atoms with van der Waals surface area (Å²) < 4.78 is 0. The van der Waals surface area contributed by atoms with Crippen molar-refractivity contribution in [2.45, 2.75) is 129 Å². The highest BCUT2D eigenvalue weighted by Crippen LogP contribution is 2.67. The molecule has 1 saturated heterocycles. The molecule has 0 spiro atoms. The van der Waals surface area contributed by atoms with Gasteiger partial charge in [0.2, 0.25) is 5.91 Å². The fourth-order valence-corrected chi connectivity index (χ4v) is 10.8. The number of nitrogens with zero attached hydrogens (tertiary/aromatic N) is 1. The van der Waals surface area contributed by atoms with E-state index in [1.165, 1.54) is 57.8 Å². The van der Waals surface area contributed by atoms with E-state index in [4.69, 9.17) is 0 Å². The lowest BCUT2D eigenvalue weighted by atomic mass is 9.47. The normalized spacial score (nSPS) is 44.2. The fourth-order valence-electron chi connectivity index (χ4n) is 10.8. The van der Waals surface area contributed by atoms with E-state index >= 15 is 0 Å². The van der Waals surface area contributed by atoms with Crippen molar-refractivity contribution in [1.29, 1.82) is 0 Å². The van der Waals surface area contributed by atoms with Gasteiger partial charge in [-0.3, -0.25) is 4.79 Å². The molecule has 4 heteroatoms. The molecule has 2 N–H and O–H groups in total. The Kier molecular flexibility index (Phi) is 6.87. The quantitative estimate of drug-likeness (QED) is 0.414. The van der Waals surface area contributed by atoms with E-state index in [2.05, 4.69) is 31.7 Å². The maximum Gasteiger partial charge on any atom is 0.222 e. The average molecular weight is 512 g/mol. The Morgan fingerprint density at radius 2 is 1.78 bits per heavy atom. The number of aliphatic hydroxyl groups excluding tert-OH is 1. The molecule has 1 heterocycles. The van der Waals surface area contributed by atoms with E-state index in [0.29, 0.717) is 35.0 Å². The minimum absolute atomic E-state index is 0.122. The largest absolute Gasteiger partial charge is 0.393 e. The van der Waals surface area contributed by atoms with E-state index in [0.717, 1.165) is 68.9 Å². The highest BCUT2D eigenvalue weighted by molar-refractivity contribution is 5.76. The molecule has 4 saturated carbocycles. The maximum atomic E-state index is 13.1. The Morgan fingerprint density at radius 3 is 2.49 bits per heavy atom. The van der Waals surface area contributed by atoms with Crippen molar-refractivity contribution in [3.8, 4) is 0 Å². The number of amides is 1. The lowest BCUT2D eigenvalue weighted by molar-refractivity contribution is -0.140. The fraction of sp³-hybridized carbons (Fsp3) is 0.909. The molecule has 1 amide bonds. The second-order valence-electron chi connectivity index (χ2n) is 15.0. The minimum Gasteiger partial charge on any atom is -0.393 e. The van der Waals surface area contributed by atoms with Gasteiger partial charge in [0.1, 0.15) is 0 Å². The third kappa shape index (κ3) is 4.35. The van der Waals surface area contributed by atoms with Crippen LogP contribution in [0.2, 0.25) is 0 Å². The van der Waals surface area contributed by atoms with Gasteiger partial charge in [-0.2, -0.15) is 0 Å². The molecule has 5 aliphatic carbocycles. The topological polar surface area (TPSA) is 60.8 Å². The Labute approximate surface area is 225 Å². The van der Waals surface area contributed by atoms with Gasteiger partial charge >= 0.3 is 0 Å². The van der Waals surface area contributed by atoms with Crippen molar-refractivity contribution in [1.82, 2.24) is 4.90 Å². The molecule has 0 radical (unpaired) electrons. The number of hydrogen-bond donors (Lipinski definition) is 2. The van der Waals surface area contributed by atoms with E-state index in [1.54, 1.807) is 5.57 Å².